The van der Waals surface area contributed by atoms with E-state index in [1.165, 1.54) is 0 Å². The summed E-state index contributed by atoms with van der Waals surface area (Å²) in [5.41, 5.74) is 6.59. The van der Waals surface area contributed by atoms with Gasteiger partial charge in [-0.2, -0.15) is 8.78 Å². The molecular weight excluding hydrogens is 250 g/mol. The van der Waals surface area contributed by atoms with E-state index in [-0.39, 0.29) is 6.61 Å². The highest BCUT2D eigenvalue weighted by Gasteiger charge is 2.40. The average molecular weight is 265 g/mol. The maximum atomic E-state index is 12.5. The van der Waals surface area contributed by atoms with Crippen molar-refractivity contribution in [1.82, 2.24) is 0 Å². The minimum atomic E-state index is -4.12. The fraction of sp³-hybridized carbons (Fsp3) is 0.500. The summed E-state index contributed by atoms with van der Waals surface area (Å²) in [5.74, 6) is -4.12. The lowest BCUT2D eigenvalue weighted by molar-refractivity contribution is -0.166. The Balaban J connectivity index is 2.28. The summed E-state index contributed by atoms with van der Waals surface area (Å²) >= 11 is 0. The molecule has 102 valence electrons. The van der Waals surface area contributed by atoms with Gasteiger partial charge in [0.25, 0.3) is 0 Å². The summed E-state index contributed by atoms with van der Waals surface area (Å²) in [6.45, 7) is -1.50. The molecule has 1 aromatic carbocycles. The van der Waals surface area contributed by atoms with Gasteiger partial charge in [-0.1, -0.05) is 30.3 Å². The molecule has 0 fully saturated rings. The molecule has 6 heteroatoms. The predicted octanol–water partition coefficient (Wildman–Crippen LogP) is 2.47. The highest BCUT2D eigenvalue weighted by atomic mass is 19.3. The summed E-state index contributed by atoms with van der Waals surface area (Å²) in [5, 5.41) is 0. The summed E-state index contributed by atoms with van der Waals surface area (Å²) in [4.78, 5) is 0. The van der Waals surface area contributed by atoms with E-state index in [0.29, 0.717) is 6.42 Å². The van der Waals surface area contributed by atoms with E-state index < -0.39 is 25.0 Å². The van der Waals surface area contributed by atoms with Crippen LogP contribution in [0.4, 0.5) is 17.6 Å². The van der Waals surface area contributed by atoms with Crippen molar-refractivity contribution >= 4 is 0 Å². The molecule has 0 saturated heterocycles. The molecule has 0 saturated carbocycles. The van der Waals surface area contributed by atoms with Gasteiger partial charge in [-0.05, 0) is 12.0 Å². The van der Waals surface area contributed by atoms with Gasteiger partial charge in [0.15, 0.2) is 0 Å². The van der Waals surface area contributed by atoms with Crippen molar-refractivity contribution in [2.45, 2.75) is 24.8 Å². The zero-order valence-corrected chi connectivity index (χ0v) is 9.66. The first-order valence-electron chi connectivity index (χ1n) is 5.45. The highest BCUT2D eigenvalue weighted by molar-refractivity contribution is 5.15. The van der Waals surface area contributed by atoms with Crippen LogP contribution in [0.2, 0.25) is 0 Å². The Kier molecular flexibility index (Phi) is 5.55. The number of hydrogen-bond donors (Lipinski definition) is 1. The first-order valence-corrected chi connectivity index (χ1v) is 5.45. The van der Waals surface area contributed by atoms with Crippen LogP contribution in [0.1, 0.15) is 5.56 Å². The van der Waals surface area contributed by atoms with E-state index in [0.717, 1.165) is 5.56 Å². The lowest BCUT2D eigenvalue weighted by Gasteiger charge is -2.17. The Morgan fingerprint density at radius 3 is 2.33 bits per heavy atom. The SMILES string of the molecule is NC(COCC(F)(F)C(F)F)Cc1ccccc1. The standard InChI is InChI=1S/C12H15F4NO/c13-11(14)12(15,16)8-18-7-10(17)6-9-4-2-1-3-5-9/h1-5,10-11H,6-8,17H2. The van der Waals surface area contributed by atoms with Gasteiger partial charge in [-0.3, -0.25) is 0 Å². The van der Waals surface area contributed by atoms with Gasteiger partial charge >= 0.3 is 12.3 Å². The van der Waals surface area contributed by atoms with Crippen LogP contribution in [0.3, 0.4) is 0 Å². The van der Waals surface area contributed by atoms with E-state index in [9.17, 15) is 17.6 Å². The van der Waals surface area contributed by atoms with Crippen LogP contribution in [-0.4, -0.2) is 31.6 Å². The normalized spacial score (nSPS) is 13.9. The lowest BCUT2D eigenvalue weighted by atomic mass is 10.1. The van der Waals surface area contributed by atoms with Crippen molar-refractivity contribution in [3.8, 4) is 0 Å². The number of ether oxygens (including phenoxy) is 1. The third kappa shape index (κ3) is 5.01. The van der Waals surface area contributed by atoms with Crippen molar-refractivity contribution in [3.63, 3.8) is 0 Å². The Hall–Kier alpha value is -1.14. The molecule has 0 radical (unpaired) electrons. The second-order valence-electron chi connectivity index (χ2n) is 4.03. The molecule has 1 unspecified atom stereocenters. The zero-order chi connectivity index (χ0) is 13.6. The van der Waals surface area contributed by atoms with Crippen LogP contribution in [-0.2, 0) is 11.2 Å². The molecule has 1 rings (SSSR count). The number of halogens is 4. The summed E-state index contributed by atoms with van der Waals surface area (Å²) in [6.07, 6.45) is -3.27. The molecule has 0 heterocycles. The van der Waals surface area contributed by atoms with Gasteiger partial charge in [0, 0.05) is 6.04 Å². The van der Waals surface area contributed by atoms with Crippen LogP contribution in [0, 0.1) is 0 Å². The third-order valence-corrected chi connectivity index (χ3v) is 2.29. The number of alkyl halides is 4. The van der Waals surface area contributed by atoms with Crippen molar-refractivity contribution in [2.75, 3.05) is 13.2 Å². The highest BCUT2D eigenvalue weighted by Crippen LogP contribution is 2.22. The maximum Gasteiger partial charge on any atom is 0.330 e. The molecule has 0 bridgehead atoms. The van der Waals surface area contributed by atoms with Crippen molar-refractivity contribution < 1.29 is 22.3 Å². The van der Waals surface area contributed by atoms with Gasteiger partial charge in [-0.25, -0.2) is 8.78 Å². The summed E-state index contributed by atoms with van der Waals surface area (Å²) < 4.78 is 53.2. The van der Waals surface area contributed by atoms with E-state index in [2.05, 4.69) is 4.74 Å². The van der Waals surface area contributed by atoms with Crippen molar-refractivity contribution in [3.05, 3.63) is 35.9 Å². The first-order chi connectivity index (χ1) is 8.42. The molecule has 2 nitrogen and oxygen atoms in total. The number of benzene rings is 1. The first kappa shape index (κ1) is 14.9. The Labute approximate surface area is 103 Å². The van der Waals surface area contributed by atoms with Crippen LogP contribution < -0.4 is 5.73 Å². The molecule has 0 aliphatic rings. The molecule has 1 aromatic rings. The van der Waals surface area contributed by atoms with Crippen LogP contribution in [0.25, 0.3) is 0 Å². The summed E-state index contributed by atoms with van der Waals surface area (Å²) in [7, 11) is 0. The van der Waals surface area contributed by atoms with Gasteiger partial charge in [0.1, 0.15) is 6.61 Å². The fourth-order valence-corrected chi connectivity index (χ4v) is 1.39. The predicted molar refractivity (Wildman–Crippen MR) is 59.9 cm³/mol. The third-order valence-electron chi connectivity index (χ3n) is 2.29. The summed E-state index contributed by atoms with van der Waals surface area (Å²) in [6, 6.07) is 8.68. The van der Waals surface area contributed by atoms with Gasteiger partial charge in [-0.15, -0.1) is 0 Å². The van der Waals surface area contributed by atoms with Gasteiger partial charge < -0.3 is 10.5 Å². The van der Waals surface area contributed by atoms with E-state index >= 15 is 0 Å². The molecular formula is C12H15F4NO. The number of nitrogens with two attached hydrogens (primary N) is 1. The monoisotopic (exact) mass is 265 g/mol. The second-order valence-corrected chi connectivity index (χ2v) is 4.03. The van der Waals surface area contributed by atoms with E-state index in [4.69, 9.17) is 5.73 Å². The molecule has 2 N–H and O–H groups in total. The molecule has 0 aliphatic heterocycles. The number of hydrogen-bond acceptors (Lipinski definition) is 2. The average Bonchev–Trinajstić information content (AvgIpc) is 2.29. The minimum Gasteiger partial charge on any atom is -0.373 e. The second kappa shape index (κ2) is 6.70. The minimum absolute atomic E-state index is 0.183. The Morgan fingerprint density at radius 1 is 1.17 bits per heavy atom. The van der Waals surface area contributed by atoms with Crippen molar-refractivity contribution in [1.29, 1.82) is 0 Å². The maximum absolute atomic E-state index is 12.5. The fourth-order valence-electron chi connectivity index (χ4n) is 1.39. The number of rotatable bonds is 7. The topological polar surface area (TPSA) is 35.2 Å². The zero-order valence-electron chi connectivity index (χ0n) is 9.66. The van der Waals surface area contributed by atoms with Gasteiger partial charge in [0.05, 0.1) is 6.61 Å². The van der Waals surface area contributed by atoms with Crippen LogP contribution >= 0.6 is 0 Å². The van der Waals surface area contributed by atoms with Gasteiger partial charge in [0.2, 0.25) is 0 Å². The van der Waals surface area contributed by atoms with Crippen molar-refractivity contribution in [2.24, 2.45) is 5.73 Å². The Morgan fingerprint density at radius 2 is 1.78 bits per heavy atom. The Bertz CT molecular complexity index is 345. The molecule has 0 spiro atoms. The lowest BCUT2D eigenvalue weighted by Crippen LogP contribution is -2.36. The van der Waals surface area contributed by atoms with E-state index in [1.807, 2.05) is 30.3 Å². The molecule has 1 atom stereocenters. The molecule has 0 amide bonds. The largest absolute Gasteiger partial charge is 0.373 e. The molecule has 18 heavy (non-hydrogen) atoms. The van der Waals surface area contributed by atoms with E-state index in [1.54, 1.807) is 0 Å². The smallest absolute Gasteiger partial charge is 0.330 e. The van der Waals surface area contributed by atoms with Crippen LogP contribution in [0.5, 0.6) is 0 Å². The van der Waals surface area contributed by atoms with Crippen LogP contribution in [0.15, 0.2) is 30.3 Å². The molecule has 0 aliphatic carbocycles. The quantitative estimate of drug-likeness (QED) is 0.769. The molecule has 0 aromatic heterocycles.